The molecule has 3 heteroatoms. The zero-order valence-corrected chi connectivity index (χ0v) is 19.9. The standard InChI is InChI=1S/C25H36NOP/c1-23(2,3)17-15-19(24(4,5)6)21(20(16-17)25(7,8)9)28-22(27)26-18-13-11-10-12-14-18/h10-16,28H,1-9H3,(H,26,27). The highest BCUT2D eigenvalue weighted by atomic mass is 31.1. The molecular weight excluding hydrogens is 361 g/mol. The van der Waals surface area contributed by atoms with Gasteiger partial charge in [-0.1, -0.05) is 92.6 Å². The Morgan fingerprint density at radius 3 is 1.61 bits per heavy atom. The second kappa shape index (κ2) is 7.99. The molecule has 0 saturated heterocycles. The van der Waals surface area contributed by atoms with Gasteiger partial charge in [-0.3, -0.25) is 4.79 Å². The Kier molecular flexibility index (Phi) is 6.46. The smallest absolute Gasteiger partial charge is 0.246 e. The van der Waals surface area contributed by atoms with E-state index in [0.717, 1.165) is 5.69 Å². The number of para-hydroxylation sites is 1. The molecule has 0 spiro atoms. The predicted molar refractivity (Wildman–Crippen MR) is 126 cm³/mol. The van der Waals surface area contributed by atoms with E-state index in [1.165, 1.54) is 22.0 Å². The Morgan fingerprint density at radius 1 is 0.750 bits per heavy atom. The van der Waals surface area contributed by atoms with Crippen LogP contribution in [0, 0.1) is 0 Å². The molecule has 2 aromatic rings. The number of hydrogen-bond acceptors (Lipinski definition) is 1. The van der Waals surface area contributed by atoms with Gasteiger partial charge >= 0.3 is 0 Å². The summed E-state index contributed by atoms with van der Waals surface area (Å²) in [5.74, 6) is 0. The Hall–Kier alpha value is -1.66. The van der Waals surface area contributed by atoms with E-state index >= 15 is 0 Å². The lowest BCUT2D eigenvalue weighted by atomic mass is 9.75. The number of carbonyl (C=O) groups is 1. The van der Waals surface area contributed by atoms with Crippen LogP contribution in [0.3, 0.4) is 0 Å². The fourth-order valence-electron chi connectivity index (χ4n) is 3.19. The molecule has 2 nitrogen and oxygen atoms in total. The van der Waals surface area contributed by atoms with Gasteiger partial charge < -0.3 is 5.32 Å². The average molecular weight is 398 g/mol. The summed E-state index contributed by atoms with van der Waals surface area (Å²) in [6.07, 6.45) is 0. The quantitative estimate of drug-likeness (QED) is 0.549. The van der Waals surface area contributed by atoms with Gasteiger partial charge in [-0.2, -0.15) is 0 Å². The van der Waals surface area contributed by atoms with Crippen LogP contribution in [0.25, 0.3) is 0 Å². The summed E-state index contributed by atoms with van der Waals surface area (Å²) in [4.78, 5) is 12.9. The lowest BCUT2D eigenvalue weighted by Crippen LogP contribution is -2.31. The molecular formula is C25H36NOP. The van der Waals surface area contributed by atoms with E-state index in [1.807, 2.05) is 30.3 Å². The second-order valence-corrected chi connectivity index (χ2v) is 11.8. The van der Waals surface area contributed by atoms with Gasteiger partial charge in [0.05, 0.1) is 0 Å². The Bertz CT molecular complexity index is 799. The fraction of sp³-hybridized carbons (Fsp3) is 0.480. The minimum absolute atomic E-state index is 0.0311. The third-order valence-corrected chi connectivity index (χ3v) is 6.03. The van der Waals surface area contributed by atoms with Crippen molar-refractivity contribution in [2.45, 2.75) is 78.6 Å². The molecule has 0 aliphatic heterocycles. The third-order valence-electron chi connectivity index (χ3n) is 4.89. The van der Waals surface area contributed by atoms with E-state index in [9.17, 15) is 4.79 Å². The van der Waals surface area contributed by atoms with Gasteiger partial charge in [-0.15, -0.1) is 0 Å². The van der Waals surface area contributed by atoms with Gasteiger partial charge in [0.25, 0.3) is 0 Å². The van der Waals surface area contributed by atoms with Crippen molar-refractivity contribution in [1.29, 1.82) is 0 Å². The molecule has 1 N–H and O–H groups in total. The molecule has 2 rings (SSSR count). The highest BCUT2D eigenvalue weighted by molar-refractivity contribution is 7.65. The molecule has 2 aromatic carbocycles. The Balaban J connectivity index is 2.58. The first-order valence-corrected chi connectivity index (χ1v) is 11.0. The first-order valence-electron chi connectivity index (χ1n) is 10.0. The Labute approximate surface area is 173 Å². The molecule has 0 bridgehead atoms. The van der Waals surface area contributed by atoms with Gasteiger partial charge in [-0.05, 0) is 50.4 Å². The predicted octanol–water partition coefficient (Wildman–Crippen LogP) is 7.12. The maximum absolute atomic E-state index is 12.9. The number of rotatable bonds is 3. The first-order chi connectivity index (χ1) is 12.7. The molecule has 28 heavy (non-hydrogen) atoms. The number of nitrogens with one attached hydrogen (secondary N) is 1. The van der Waals surface area contributed by atoms with Crippen LogP contribution in [0.1, 0.15) is 79.0 Å². The van der Waals surface area contributed by atoms with Crippen LogP contribution >= 0.6 is 8.58 Å². The van der Waals surface area contributed by atoms with Crippen LogP contribution in [0.4, 0.5) is 10.5 Å². The third kappa shape index (κ3) is 5.67. The van der Waals surface area contributed by atoms with E-state index < -0.39 is 0 Å². The highest BCUT2D eigenvalue weighted by Gasteiger charge is 2.29. The minimum Gasteiger partial charge on any atom is -0.322 e. The van der Waals surface area contributed by atoms with E-state index in [4.69, 9.17) is 0 Å². The molecule has 0 aliphatic carbocycles. The lowest BCUT2D eigenvalue weighted by molar-refractivity contribution is 0.269. The number of anilines is 1. The summed E-state index contributed by atoms with van der Waals surface area (Å²) in [6, 6.07) is 14.4. The zero-order chi connectivity index (χ0) is 21.3. The summed E-state index contributed by atoms with van der Waals surface area (Å²) in [6.45, 7) is 20.2. The number of amides is 1. The summed E-state index contributed by atoms with van der Waals surface area (Å²) in [5.41, 5.74) is 4.81. The highest BCUT2D eigenvalue weighted by Crippen LogP contribution is 2.37. The van der Waals surface area contributed by atoms with Gasteiger partial charge in [0.2, 0.25) is 5.65 Å². The molecule has 0 fully saturated rings. The number of carbonyl (C=O) groups excluding carboxylic acids is 1. The van der Waals surface area contributed by atoms with Crippen LogP contribution in [0.15, 0.2) is 42.5 Å². The largest absolute Gasteiger partial charge is 0.322 e. The molecule has 1 amide bonds. The SMILES string of the molecule is CC(C)(C)c1cc(C(C)(C)C)c(PC(=O)Nc2ccccc2)c(C(C)(C)C)c1. The number of hydrogen-bond donors (Lipinski definition) is 1. The summed E-state index contributed by atoms with van der Waals surface area (Å²) < 4.78 is 0. The summed E-state index contributed by atoms with van der Waals surface area (Å²) in [5, 5.41) is 4.26. The van der Waals surface area contributed by atoms with Crippen molar-refractivity contribution in [2.24, 2.45) is 0 Å². The first kappa shape index (κ1) is 22.6. The van der Waals surface area contributed by atoms with Crippen LogP contribution in [0.2, 0.25) is 0 Å². The van der Waals surface area contributed by atoms with E-state index in [2.05, 4.69) is 79.8 Å². The minimum atomic E-state index is -0.0311. The van der Waals surface area contributed by atoms with Gasteiger partial charge in [0.15, 0.2) is 0 Å². The van der Waals surface area contributed by atoms with Crippen LogP contribution in [-0.2, 0) is 16.2 Å². The molecule has 0 aromatic heterocycles. The van der Waals surface area contributed by atoms with Gasteiger partial charge in [0, 0.05) is 14.3 Å². The molecule has 0 saturated carbocycles. The van der Waals surface area contributed by atoms with Crippen LogP contribution < -0.4 is 10.6 Å². The van der Waals surface area contributed by atoms with Crippen molar-refractivity contribution >= 4 is 25.2 Å². The topological polar surface area (TPSA) is 29.1 Å². The zero-order valence-electron chi connectivity index (χ0n) is 18.9. The van der Waals surface area contributed by atoms with Gasteiger partial charge in [-0.25, -0.2) is 0 Å². The van der Waals surface area contributed by atoms with Crippen molar-refractivity contribution in [1.82, 2.24) is 0 Å². The monoisotopic (exact) mass is 397 g/mol. The van der Waals surface area contributed by atoms with E-state index in [1.54, 1.807) is 0 Å². The average Bonchev–Trinajstić information content (AvgIpc) is 2.52. The van der Waals surface area contributed by atoms with Gasteiger partial charge in [0.1, 0.15) is 0 Å². The second-order valence-electron chi connectivity index (χ2n) is 10.6. The molecule has 152 valence electrons. The van der Waals surface area contributed by atoms with E-state index in [-0.39, 0.29) is 30.5 Å². The molecule has 0 heterocycles. The fourth-order valence-corrected chi connectivity index (χ4v) is 4.79. The van der Waals surface area contributed by atoms with Crippen LogP contribution in [0.5, 0.6) is 0 Å². The normalized spacial score (nSPS) is 13.2. The van der Waals surface area contributed by atoms with Crippen molar-refractivity contribution in [3.05, 3.63) is 59.2 Å². The molecule has 1 atom stereocenters. The van der Waals surface area contributed by atoms with Crippen LogP contribution in [-0.4, -0.2) is 5.65 Å². The van der Waals surface area contributed by atoms with E-state index in [0.29, 0.717) is 0 Å². The Morgan fingerprint density at radius 2 is 1.21 bits per heavy atom. The lowest BCUT2D eigenvalue weighted by Gasteiger charge is -2.33. The summed E-state index contributed by atoms with van der Waals surface area (Å²) in [7, 11) is 0.0783. The molecule has 0 radical (unpaired) electrons. The van der Waals surface area contributed by atoms with Crippen molar-refractivity contribution in [3.8, 4) is 0 Å². The molecule has 0 aliphatic rings. The maximum Gasteiger partial charge on any atom is 0.246 e. The van der Waals surface area contributed by atoms with Crippen molar-refractivity contribution in [3.63, 3.8) is 0 Å². The molecule has 1 unspecified atom stereocenters. The maximum atomic E-state index is 12.9. The van der Waals surface area contributed by atoms with Crippen molar-refractivity contribution in [2.75, 3.05) is 5.32 Å². The number of benzene rings is 2. The summed E-state index contributed by atoms with van der Waals surface area (Å²) >= 11 is 0. The van der Waals surface area contributed by atoms with Crippen molar-refractivity contribution < 1.29 is 4.79 Å².